The molecule has 1 saturated heterocycles. The number of ether oxygens (including phenoxy) is 1. The molecule has 1 aliphatic rings. The molecule has 2 aromatic heterocycles. The van der Waals surface area contributed by atoms with Crippen LogP contribution in [0.25, 0.3) is 22.4 Å². The first kappa shape index (κ1) is 26.3. The van der Waals surface area contributed by atoms with Gasteiger partial charge >= 0.3 is 0 Å². The second-order valence-electron chi connectivity index (χ2n) is 9.60. The van der Waals surface area contributed by atoms with E-state index in [-0.39, 0.29) is 34.4 Å². The molecule has 3 unspecified atom stereocenters. The molecule has 0 spiro atoms. The van der Waals surface area contributed by atoms with Crippen LogP contribution in [0.15, 0.2) is 34.1 Å². The van der Waals surface area contributed by atoms with Gasteiger partial charge in [0.05, 0.1) is 23.3 Å². The molecule has 4 rings (SSSR count). The first-order valence-corrected chi connectivity index (χ1v) is 14.1. The van der Waals surface area contributed by atoms with E-state index in [1.807, 2.05) is 34.7 Å². The fourth-order valence-electron chi connectivity index (χ4n) is 4.76. The highest BCUT2D eigenvalue weighted by Gasteiger charge is 2.30. The Labute approximate surface area is 212 Å². The third-order valence-corrected chi connectivity index (χ3v) is 8.49. The van der Waals surface area contributed by atoms with Crippen molar-refractivity contribution in [1.82, 2.24) is 29.4 Å². The van der Waals surface area contributed by atoms with Crippen molar-refractivity contribution in [2.45, 2.75) is 76.4 Å². The zero-order valence-corrected chi connectivity index (χ0v) is 22.4. The SMILES string of the molecule is CCCOc1ccc(S(=O)(=O)NC(C)C2CCCN2C)cc1-c1nc2cnn(C(C)CC)c2c(=O)[nH]1. The highest BCUT2D eigenvalue weighted by molar-refractivity contribution is 7.89. The highest BCUT2D eigenvalue weighted by Crippen LogP contribution is 2.31. The Morgan fingerprint density at radius 1 is 1.28 bits per heavy atom. The van der Waals surface area contributed by atoms with Crippen LogP contribution >= 0.6 is 0 Å². The number of fused-ring (bicyclic) bond motifs is 1. The lowest BCUT2D eigenvalue weighted by atomic mass is 10.1. The third kappa shape index (κ3) is 5.18. The Bertz CT molecular complexity index is 1380. The molecule has 11 heteroatoms. The number of hydrogen-bond acceptors (Lipinski definition) is 7. The van der Waals surface area contributed by atoms with E-state index in [1.165, 1.54) is 12.1 Å². The predicted molar refractivity (Wildman–Crippen MR) is 140 cm³/mol. The molecular formula is C25H36N6O4S. The number of nitrogens with zero attached hydrogens (tertiary/aromatic N) is 4. The van der Waals surface area contributed by atoms with Gasteiger partial charge in [-0.15, -0.1) is 0 Å². The summed E-state index contributed by atoms with van der Waals surface area (Å²) >= 11 is 0. The third-order valence-electron chi connectivity index (χ3n) is 6.94. The molecule has 1 aromatic carbocycles. The van der Waals surface area contributed by atoms with E-state index in [9.17, 15) is 13.2 Å². The average molecular weight is 517 g/mol. The van der Waals surface area contributed by atoms with Gasteiger partial charge in [-0.1, -0.05) is 13.8 Å². The van der Waals surface area contributed by atoms with Crippen LogP contribution in [0.1, 0.15) is 59.4 Å². The molecule has 1 aliphatic heterocycles. The Balaban J connectivity index is 1.75. The molecule has 10 nitrogen and oxygen atoms in total. The maximum atomic E-state index is 13.3. The van der Waals surface area contributed by atoms with E-state index < -0.39 is 10.0 Å². The predicted octanol–water partition coefficient (Wildman–Crippen LogP) is 3.31. The smallest absolute Gasteiger partial charge is 0.277 e. The molecule has 0 amide bonds. The van der Waals surface area contributed by atoms with E-state index in [0.29, 0.717) is 29.0 Å². The minimum atomic E-state index is -3.82. The first-order chi connectivity index (χ1) is 17.2. The molecule has 3 heterocycles. The van der Waals surface area contributed by atoms with Crippen LogP contribution in [0.2, 0.25) is 0 Å². The summed E-state index contributed by atoms with van der Waals surface area (Å²) in [4.78, 5) is 22.8. The van der Waals surface area contributed by atoms with E-state index >= 15 is 0 Å². The lowest BCUT2D eigenvalue weighted by molar-refractivity contribution is 0.270. The molecule has 0 aliphatic carbocycles. The van der Waals surface area contributed by atoms with Crippen LogP contribution in [0.3, 0.4) is 0 Å². The number of hydrogen-bond donors (Lipinski definition) is 2. The quantitative estimate of drug-likeness (QED) is 0.424. The van der Waals surface area contributed by atoms with Crippen molar-refractivity contribution in [1.29, 1.82) is 0 Å². The highest BCUT2D eigenvalue weighted by atomic mass is 32.2. The number of likely N-dealkylation sites (N-methyl/N-ethyl adjacent to an activating group) is 1. The Morgan fingerprint density at radius 2 is 2.06 bits per heavy atom. The van der Waals surface area contributed by atoms with Crippen LogP contribution in [0, 0.1) is 0 Å². The number of benzene rings is 1. The molecule has 2 N–H and O–H groups in total. The Morgan fingerprint density at radius 3 is 2.72 bits per heavy atom. The largest absolute Gasteiger partial charge is 0.493 e. The van der Waals surface area contributed by atoms with Gasteiger partial charge in [0, 0.05) is 18.1 Å². The van der Waals surface area contributed by atoms with Crippen molar-refractivity contribution < 1.29 is 13.2 Å². The lowest BCUT2D eigenvalue weighted by Crippen LogP contribution is -2.45. The van der Waals surface area contributed by atoms with E-state index in [2.05, 4.69) is 24.7 Å². The average Bonchev–Trinajstić information content (AvgIpc) is 3.48. The first-order valence-electron chi connectivity index (χ1n) is 12.6. The minimum Gasteiger partial charge on any atom is -0.493 e. The topological polar surface area (TPSA) is 122 Å². The summed E-state index contributed by atoms with van der Waals surface area (Å²) in [5.41, 5.74) is 0.912. The van der Waals surface area contributed by atoms with Crippen LogP contribution < -0.4 is 15.0 Å². The number of aromatic amines is 1. The van der Waals surface area contributed by atoms with Gasteiger partial charge in [0.15, 0.2) is 5.52 Å². The minimum absolute atomic E-state index is 0.0418. The van der Waals surface area contributed by atoms with Gasteiger partial charge in [0.2, 0.25) is 10.0 Å². The number of likely N-dealkylation sites (tertiary alicyclic amines) is 1. The van der Waals surface area contributed by atoms with Gasteiger partial charge in [-0.2, -0.15) is 5.10 Å². The number of rotatable bonds is 10. The molecule has 0 bridgehead atoms. The molecule has 0 radical (unpaired) electrons. The molecule has 1 fully saturated rings. The molecule has 36 heavy (non-hydrogen) atoms. The maximum Gasteiger partial charge on any atom is 0.277 e. The summed E-state index contributed by atoms with van der Waals surface area (Å²) in [7, 11) is -1.80. The van der Waals surface area contributed by atoms with Crippen molar-refractivity contribution in [3.05, 3.63) is 34.7 Å². The van der Waals surface area contributed by atoms with Gasteiger partial charge in [0.1, 0.15) is 17.1 Å². The zero-order chi connectivity index (χ0) is 26.0. The monoisotopic (exact) mass is 516 g/mol. The van der Waals surface area contributed by atoms with Crippen LogP contribution in [-0.2, 0) is 10.0 Å². The van der Waals surface area contributed by atoms with E-state index in [4.69, 9.17) is 4.74 Å². The summed E-state index contributed by atoms with van der Waals surface area (Å²) in [5, 5.41) is 4.36. The normalized spacial score (nSPS) is 18.5. The number of nitrogens with one attached hydrogen (secondary N) is 2. The summed E-state index contributed by atoms with van der Waals surface area (Å²) in [6.45, 7) is 9.30. The number of H-pyrrole nitrogens is 1. The van der Waals surface area contributed by atoms with Gasteiger partial charge in [-0.3, -0.25) is 9.48 Å². The molecule has 3 atom stereocenters. The maximum absolute atomic E-state index is 13.3. The molecule has 3 aromatic rings. The standard InChI is InChI=1S/C25H36N6O4S/c1-6-13-35-22-11-10-18(36(33,34)29-17(4)21-9-8-12-30(21)5)14-19(22)24-27-20-15-26-31(16(3)7-2)23(20)25(32)28-24/h10-11,14-17,21,29H,6-9,12-13H2,1-5H3,(H,27,28,32). The summed E-state index contributed by atoms with van der Waals surface area (Å²) < 4.78 is 37.1. The summed E-state index contributed by atoms with van der Waals surface area (Å²) in [6.07, 6.45) is 5.16. The lowest BCUT2D eigenvalue weighted by Gasteiger charge is -2.26. The van der Waals surface area contributed by atoms with Crippen molar-refractivity contribution in [2.24, 2.45) is 0 Å². The van der Waals surface area contributed by atoms with Gasteiger partial charge in [0.25, 0.3) is 5.56 Å². The van der Waals surface area contributed by atoms with Crippen LogP contribution in [0.4, 0.5) is 0 Å². The number of sulfonamides is 1. The molecular weight excluding hydrogens is 480 g/mol. The molecule has 0 saturated carbocycles. The van der Waals surface area contributed by atoms with Crippen molar-refractivity contribution in [3.63, 3.8) is 0 Å². The second-order valence-corrected chi connectivity index (χ2v) is 11.3. The van der Waals surface area contributed by atoms with Gasteiger partial charge < -0.3 is 14.6 Å². The molecule has 196 valence electrons. The fourth-order valence-corrected chi connectivity index (χ4v) is 6.07. The van der Waals surface area contributed by atoms with Gasteiger partial charge in [-0.25, -0.2) is 18.1 Å². The van der Waals surface area contributed by atoms with Crippen molar-refractivity contribution >= 4 is 21.1 Å². The van der Waals surface area contributed by atoms with Crippen LogP contribution in [0.5, 0.6) is 5.75 Å². The van der Waals surface area contributed by atoms with Crippen molar-refractivity contribution in [2.75, 3.05) is 20.2 Å². The summed E-state index contributed by atoms with van der Waals surface area (Å²) in [6, 6.07) is 4.61. The zero-order valence-electron chi connectivity index (χ0n) is 21.6. The van der Waals surface area contributed by atoms with Crippen molar-refractivity contribution in [3.8, 4) is 17.1 Å². The second kappa shape index (κ2) is 10.7. The Hall–Kier alpha value is -2.76. The van der Waals surface area contributed by atoms with E-state index in [1.54, 1.807) is 16.9 Å². The van der Waals surface area contributed by atoms with Gasteiger partial charge in [-0.05, 0) is 71.3 Å². The number of aromatic nitrogens is 4. The Kier molecular flexibility index (Phi) is 7.82. The van der Waals surface area contributed by atoms with Crippen LogP contribution in [-0.4, -0.2) is 65.3 Å². The fraction of sp³-hybridized carbons (Fsp3) is 0.560. The van der Waals surface area contributed by atoms with E-state index in [0.717, 1.165) is 32.2 Å². The summed E-state index contributed by atoms with van der Waals surface area (Å²) in [5.74, 6) is 0.694.